The molecule has 0 aliphatic heterocycles. The van der Waals surface area contributed by atoms with Gasteiger partial charge < -0.3 is 5.11 Å². The topological polar surface area (TPSA) is 70.4 Å². The molecule has 33 heavy (non-hydrogen) atoms. The SMILES string of the molecule is Cc1ccc(-c2cc(-c3ccccc3)nc(N/N=C/c3c(O)ccc4ccccc34)n2)cc1. The number of rotatable bonds is 5. The number of phenolic OH excluding ortho intramolecular Hbond substituents is 1. The van der Waals surface area contributed by atoms with E-state index in [0.29, 0.717) is 11.5 Å². The number of hydrogen-bond donors (Lipinski definition) is 2. The van der Waals surface area contributed by atoms with Crippen LogP contribution in [-0.4, -0.2) is 21.3 Å². The third kappa shape index (κ3) is 4.43. The van der Waals surface area contributed by atoms with Crippen molar-refractivity contribution >= 4 is 22.9 Å². The van der Waals surface area contributed by atoms with Crippen LogP contribution in [0, 0.1) is 6.92 Å². The monoisotopic (exact) mass is 430 g/mol. The zero-order chi connectivity index (χ0) is 22.6. The van der Waals surface area contributed by atoms with Crippen LogP contribution in [-0.2, 0) is 0 Å². The highest BCUT2D eigenvalue weighted by molar-refractivity contribution is 6.02. The zero-order valence-electron chi connectivity index (χ0n) is 18.1. The standard InChI is InChI=1S/C28H22N4O/c1-19-11-13-22(14-12-19)26-17-25(21-8-3-2-4-9-21)30-28(31-26)32-29-18-24-23-10-6-5-7-20(23)15-16-27(24)33/h2-18,33H,1H3,(H,30,31,32)/b29-18+. The number of anilines is 1. The Balaban J connectivity index is 1.52. The van der Waals surface area contributed by atoms with Gasteiger partial charge in [0.15, 0.2) is 0 Å². The van der Waals surface area contributed by atoms with E-state index in [1.807, 2.05) is 78.9 Å². The van der Waals surface area contributed by atoms with E-state index in [9.17, 15) is 5.11 Å². The highest BCUT2D eigenvalue weighted by Crippen LogP contribution is 2.27. The van der Waals surface area contributed by atoms with Gasteiger partial charge in [-0.05, 0) is 29.8 Å². The Morgan fingerprint density at radius 1 is 0.758 bits per heavy atom. The molecule has 0 aliphatic carbocycles. The Bertz CT molecular complexity index is 1440. The summed E-state index contributed by atoms with van der Waals surface area (Å²) in [5.41, 5.74) is 8.37. The Kier molecular flexibility index (Phi) is 5.52. The van der Waals surface area contributed by atoms with Gasteiger partial charge >= 0.3 is 0 Å². The van der Waals surface area contributed by atoms with E-state index in [1.54, 1.807) is 12.3 Å². The van der Waals surface area contributed by atoms with Crippen LogP contribution in [0.25, 0.3) is 33.3 Å². The minimum atomic E-state index is 0.165. The third-order valence-electron chi connectivity index (χ3n) is 5.45. The number of hydrazone groups is 1. The molecule has 5 aromatic rings. The molecule has 0 aliphatic rings. The molecular formula is C28H22N4O. The van der Waals surface area contributed by atoms with E-state index in [2.05, 4.69) is 39.6 Å². The number of fused-ring (bicyclic) bond motifs is 1. The predicted octanol–water partition coefficient (Wildman–Crippen LogP) is 6.42. The summed E-state index contributed by atoms with van der Waals surface area (Å²) in [6.07, 6.45) is 1.60. The van der Waals surface area contributed by atoms with Gasteiger partial charge in [0, 0.05) is 16.7 Å². The average molecular weight is 431 g/mol. The van der Waals surface area contributed by atoms with Gasteiger partial charge in [0.2, 0.25) is 5.95 Å². The fraction of sp³-hybridized carbons (Fsp3) is 0.0357. The molecule has 5 rings (SSSR count). The number of nitrogens with zero attached hydrogens (tertiary/aromatic N) is 3. The van der Waals surface area contributed by atoms with E-state index in [-0.39, 0.29) is 5.75 Å². The number of aromatic hydroxyl groups is 1. The Morgan fingerprint density at radius 3 is 2.18 bits per heavy atom. The molecule has 5 nitrogen and oxygen atoms in total. The number of phenols is 1. The van der Waals surface area contributed by atoms with Crippen LogP contribution >= 0.6 is 0 Å². The van der Waals surface area contributed by atoms with E-state index in [0.717, 1.165) is 33.3 Å². The van der Waals surface area contributed by atoms with E-state index >= 15 is 0 Å². The van der Waals surface area contributed by atoms with Gasteiger partial charge in [-0.25, -0.2) is 15.4 Å². The second-order valence-electron chi connectivity index (χ2n) is 7.78. The highest BCUT2D eigenvalue weighted by Gasteiger charge is 2.09. The van der Waals surface area contributed by atoms with Crippen molar-refractivity contribution in [2.24, 2.45) is 5.10 Å². The van der Waals surface area contributed by atoms with Gasteiger partial charge in [0.1, 0.15) is 5.75 Å². The maximum Gasteiger partial charge on any atom is 0.244 e. The second kappa shape index (κ2) is 8.93. The van der Waals surface area contributed by atoms with Crippen molar-refractivity contribution < 1.29 is 5.11 Å². The maximum atomic E-state index is 10.4. The minimum Gasteiger partial charge on any atom is -0.507 e. The van der Waals surface area contributed by atoms with Gasteiger partial charge in [-0.15, -0.1) is 0 Å². The largest absolute Gasteiger partial charge is 0.507 e. The van der Waals surface area contributed by atoms with E-state index < -0.39 is 0 Å². The fourth-order valence-electron chi connectivity index (χ4n) is 3.70. The molecule has 2 N–H and O–H groups in total. The van der Waals surface area contributed by atoms with Crippen molar-refractivity contribution in [3.05, 3.63) is 108 Å². The number of nitrogens with one attached hydrogen (secondary N) is 1. The molecular weight excluding hydrogens is 408 g/mol. The van der Waals surface area contributed by atoms with Crippen LogP contribution < -0.4 is 5.43 Å². The van der Waals surface area contributed by atoms with E-state index in [4.69, 9.17) is 0 Å². The van der Waals surface area contributed by atoms with Crippen LogP contribution in [0.5, 0.6) is 5.75 Å². The zero-order valence-corrected chi connectivity index (χ0v) is 18.1. The van der Waals surface area contributed by atoms with Crippen LogP contribution in [0.3, 0.4) is 0 Å². The molecule has 4 aromatic carbocycles. The summed E-state index contributed by atoms with van der Waals surface area (Å²) in [7, 11) is 0. The lowest BCUT2D eigenvalue weighted by Crippen LogP contribution is -2.00. The third-order valence-corrected chi connectivity index (χ3v) is 5.45. The Hall–Kier alpha value is -4.51. The lowest BCUT2D eigenvalue weighted by molar-refractivity contribution is 0.475. The molecule has 5 heteroatoms. The first-order valence-corrected chi connectivity index (χ1v) is 10.7. The molecule has 0 saturated heterocycles. The molecule has 0 fully saturated rings. The molecule has 0 bridgehead atoms. The van der Waals surface area contributed by atoms with E-state index in [1.165, 1.54) is 5.56 Å². The lowest BCUT2D eigenvalue weighted by Gasteiger charge is -2.09. The summed E-state index contributed by atoms with van der Waals surface area (Å²) in [6, 6.07) is 31.6. The van der Waals surface area contributed by atoms with Crippen molar-refractivity contribution in [1.29, 1.82) is 0 Å². The van der Waals surface area contributed by atoms with Crippen molar-refractivity contribution in [2.75, 3.05) is 5.43 Å². The Labute approximate surface area is 192 Å². The molecule has 0 unspecified atom stereocenters. The molecule has 1 heterocycles. The lowest BCUT2D eigenvalue weighted by atomic mass is 10.0. The van der Waals surface area contributed by atoms with Gasteiger partial charge in [0.25, 0.3) is 0 Å². The summed E-state index contributed by atoms with van der Waals surface area (Å²) < 4.78 is 0. The van der Waals surface area contributed by atoms with Crippen LogP contribution in [0.2, 0.25) is 0 Å². The second-order valence-corrected chi connectivity index (χ2v) is 7.78. The van der Waals surface area contributed by atoms with Gasteiger partial charge in [-0.3, -0.25) is 0 Å². The summed E-state index contributed by atoms with van der Waals surface area (Å²) >= 11 is 0. The first-order chi connectivity index (χ1) is 16.2. The first kappa shape index (κ1) is 20.4. The number of aryl methyl sites for hydroxylation is 1. The molecule has 0 spiro atoms. The van der Waals surface area contributed by atoms with Gasteiger partial charge in [-0.1, -0.05) is 90.5 Å². The molecule has 0 amide bonds. The normalized spacial score (nSPS) is 11.2. The van der Waals surface area contributed by atoms with Crippen LogP contribution in [0.15, 0.2) is 102 Å². The molecule has 0 radical (unpaired) electrons. The summed E-state index contributed by atoms with van der Waals surface area (Å²) in [6.45, 7) is 2.06. The van der Waals surface area contributed by atoms with Gasteiger partial charge in [-0.2, -0.15) is 5.10 Å². The molecule has 1 aromatic heterocycles. The van der Waals surface area contributed by atoms with Gasteiger partial charge in [0.05, 0.1) is 17.6 Å². The average Bonchev–Trinajstić information content (AvgIpc) is 2.86. The first-order valence-electron chi connectivity index (χ1n) is 10.7. The number of benzene rings is 4. The highest BCUT2D eigenvalue weighted by atomic mass is 16.3. The van der Waals surface area contributed by atoms with Crippen molar-refractivity contribution in [2.45, 2.75) is 6.92 Å². The summed E-state index contributed by atoms with van der Waals surface area (Å²) in [5.74, 6) is 0.543. The maximum absolute atomic E-state index is 10.4. The molecule has 0 saturated carbocycles. The van der Waals surface area contributed by atoms with Crippen molar-refractivity contribution in [3.63, 3.8) is 0 Å². The number of hydrogen-bond acceptors (Lipinski definition) is 5. The van der Waals surface area contributed by atoms with Crippen LogP contribution in [0.1, 0.15) is 11.1 Å². The minimum absolute atomic E-state index is 0.165. The quantitative estimate of drug-likeness (QED) is 0.249. The van der Waals surface area contributed by atoms with Crippen molar-refractivity contribution in [1.82, 2.24) is 9.97 Å². The van der Waals surface area contributed by atoms with Crippen LogP contribution in [0.4, 0.5) is 5.95 Å². The molecule has 0 atom stereocenters. The Morgan fingerprint density at radius 2 is 1.42 bits per heavy atom. The summed E-state index contributed by atoms with van der Waals surface area (Å²) in [4.78, 5) is 9.34. The molecule has 160 valence electrons. The predicted molar refractivity (Wildman–Crippen MR) is 134 cm³/mol. The summed E-state index contributed by atoms with van der Waals surface area (Å²) in [5, 5.41) is 16.7. The smallest absolute Gasteiger partial charge is 0.244 e. The van der Waals surface area contributed by atoms with Crippen molar-refractivity contribution in [3.8, 4) is 28.3 Å². The fourth-order valence-corrected chi connectivity index (χ4v) is 3.70. The number of aromatic nitrogens is 2.